The van der Waals surface area contributed by atoms with Gasteiger partial charge >= 0.3 is 6.03 Å². The van der Waals surface area contributed by atoms with E-state index in [4.69, 9.17) is 0 Å². The molecular weight excluding hydrogens is 240 g/mol. The number of nitrogens with zero attached hydrogens (tertiary/aromatic N) is 2. The molecule has 0 unspecified atom stereocenters. The van der Waals surface area contributed by atoms with Gasteiger partial charge in [0.25, 0.3) is 0 Å². The number of amides is 2. The molecule has 0 aliphatic heterocycles. The van der Waals surface area contributed by atoms with E-state index in [-0.39, 0.29) is 12.1 Å². The van der Waals surface area contributed by atoms with Crippen molar-refractivity contribution < 1.29 is 4.79 Å². The van der Waals surface area contributed by atoms with Crippen molar-refractivity contribution in [3.63, 3.8) is 0 Å². The Morgan fingerprint density at radius 3 is 3.05 bits per heavy atom. The average molecular weight is 260 g/mol. The lowest BCUT2D eigenvalue weighted by Crippen LogP contribution is -2.39. The molecule has 0 fully saturated rings. The van der Waals surface area contributed by atoms with Crippen LogP contribution in [0.2, 0.25) is 0 Å². The number of nitrogens with one attached hydrogen (secondary N) is 2. The van der Waals surface area contributed by atoms with Gasteiger partial charge in [0.1, 0.15) is 5.65 Å². The number of aryl methyl sites for hydroxylation is 1. The maximum atomic E-state index is 11.4. The number of hydrogen-bond donors (Lipinski definition) is 2. The predicted molar refractivity (Wildman–Crippen MR) is 76.0 cm³/mol. The van der Waals surface area contributed by atoms with Gasteiger partial charge in [-0.25, -0.2) is 9.78 Å². The first-order chi connectivity index (χ1) is 9.16. The fraction of sp³-hybridized carbons (Fsp3) is 0.429. The van der Waals surface area contributed by atoms with Crippen LogP contribution in [0, 0.1) is 0 Å². The van der Waals surface area contributed by atoms with Gasteiger partial charge in [0.2, 0.25) is 0 Å². The van der Waals surface area contributed by atoms with E-state index < -0.39 is 0 Å². The van der Waals surface area contributed by atoms with Gasteiger partial charge in [-0.05, 0) is 38.5 Å². The zero-order chi connectivity index (χ0) is 13.7. The van der Waals surface area contributed by atoms with Gasteiger partial charge in [-0.2, -0.15) is 0 Å². The summed E-state index contributed by atoms with van der Waals surface area (Å²) in [5.74, 6) is 0. The molecule has 0 aromatic carbocycles. The summed E-state index contributed by atoms with van der Waals surface area (Å²) in [7, 11) is 0. The third-order valence-electron chi connectivity index (χ3n) is 2.80. The lowest BCUT2D eigenvalue weighted by Gasteiger charge is -2.10. The summed E-state index contributed by atoms with van der Waals surface area (Å²) < 4.78 is 2.11. The summed E-state index contributed by atoms with van der Waals surface area (Å²) in [5, 5.41) is 6.78. The van der Waals surface area contributed by atoms with Crippen molar-refractivity contribution in [3.05, 3.63) is 30.6 Å². The molecule has 2 aromatic rings. The molecule has 2 rings (SSSR count). The Labute approximate surface area is 113 Å². The highest BCUT2D eigenvalue weighted by molar-refractivity contribution is 5.75. The van der Waals surface area contributed by atoms with Gasteiger partial charge in [0, 0.05) is 36.9 Å². The Hall–Kier alpha value is -2.04. The minimum atomic E-state index is -0.106. The van der Waals surface area contributed by atoms with E-state index >= 15 is 0 Å². The molecule has 0 aliphatic carbocycles. The molecule has 0 atom stereocenters. The zero-order valence-electron chi connectivity index (χ0n) is 11.4. The molecule has 102 valence electrons. The number of urea groups is 1. The van der Waals surface area contributed by atoms with Crippen molar-refractivity contribution in [2.45, 2.75) is 32.9 Å². The smallest absolute Gasteiger partial charge is 0.314 e. The molecule has 2 N–H and O–H groups in total. The van der Waals surface area contributed by atoms with Crippen molar-refractivity contribution in [1.29, 1.82) is 0 Å². The summed E-state index contributed by atoms with van der Waals surface area (Å²) in [6.45, 7) is 5.39. The minimum absolute atomic E-state index is 0.106. The summed E-state index contributed by atoms with van der Waals surface area (Å²) >= 11 is 0. The largest absolute Gasteiger partial charge is 0.338 e. The number of pyridine rings is 1. The van der Waals surface area contributed by atoms with Crippen LogP contribution in [0.4, 0.5) is 4.79 Å². The predicted octanol–water partition coefficient (Wildman–Crippen LogP) is 2.13. The molecule has 0 aliphatic rings. The maximum Gasteiger partial charge on any atom is 0.314 e. The van der Waals surface area contributed by atoms with Gasteiger partial charge in [0.15, 0.2) is 0 Å². The Morgan fingerprint density at radius 2 is 2.26 bits per heavy atom. The van der Waals surface area contributed by atoms with Crippen molar-refractivity contribution in [2.75, 3.05) is 6.54 Å². The standard InChI is InChI=1S/C14H20N4O/c1-11(2)17-14(19)16-8-4-9-18-10-6-12-5-3-7-15-13(12)18/h3,5-7,10-11H,4,8-9H2,1-2H3,(H2,16,17,19). The summed E-state index contributed by atoms with van der Waals surface area (Å²) in [5.41, 5.74) is 0.995. The number of fused-ring (bicyclic) bond motifs is 1. The number of carbonyl (C=O) groups excluding carboxylic acids is 1. The molecule has 0 saturated carbocycles. The van der Waals surface area contributed by atoms with Crippen LogP contribution in [0.3, 0.4) is 0 Å². The van der Waals surface area contributed by atoms with Crippen LogP contribution >= 0.6 is 0 Å². The van der Waals surface area contributed by atoms with E-state index in [9.17, 15) is 4.79 Å². The van der Waals surface area contributed by atoms with Crippen molar-refractivity contribution >= 4 is 17.1 Å². The highest BCUT2D eigenvalue weighted by atomic mass is 16.2. The van der Waals surface area contributed by atoms with Crippen LogP contribution in [0.5, 0.6) is 0 Å². The molecule has 0 spiro atoms. The second-order valence-corrected chi connectivity index (χ2v) is 4.83. The molecule has 2 aromatic heterocycles. The Morgan fingerprint density at radius 1 is 1.42 bits per heavy atom. The van der Waals surface area contributed by atoms with Crippen LogP contribution in [-0.2, 0) is 6.54 Å². The number of rotatable bonds is 5. The molecule has 5 nitrogen and oxygen atoms in total. The van der Waals surface area contributed by atoms with Gasteiger partial charge in [-0.3, -0.25) is 0 Å². The molecule has 0 saturated heterocycles. The van der Waals surface area contributed by atoms with Crippen molar-refractivity contribution in [2.24, 2.45) is 0 Å². The minimum Gasteiger partial charge on any atom is -0.338 e. The molecule has 2 heterocycles. The zero-order valence-corrected chi connectivity index (χ0v) is 11.4. The Balaban J connectivity index is 1.78. The van der Waals surface area contributed by atoms with Crippen molar-refractivity contribution in [1.82, 2.24) is 20.2 Å². The average Bonchev–Trinajstić information content (AvgIpc) is 2.77. The van der Waals surface area contributed by atoms with E-state index in [1.807, 2.05) is 32.2 Å². The molecule has 5 heteroatoms. The molecular formula is C14H20N4O. The highest BCUT2D eigenvalue weighted by Gasteiger charge is 2.03. The lowest BCUT2D eigenvalue weighted by molar-refractivity contribution is 0.238. The molecule has 0 radical (unpaired) electrons. The van der Waals surface area contributed by atoms with E-state index in [0.29, 0.717) is 6.54 Å². The van der Waals surface area contributed by atoms with E-state index in [1.165, 1.54) is 0 Å². The van der Waals surface area contributed by atoms with E-state index in [2.05, 4.69) is 26.3 Å². The van der Waals surface area contributed by atoms with Crippen LogP contribution in [0.25, 0.3) is 11.0 Å². The molecule has 19 heavy (non-hydrogen) atoms. The fourth-order valence-electron chi connectivity index (χ4n) is 1.97. The first kappa shape index (κ1) is 13.4. The SMILES string of the molecule is CC(C)NC(=O)NCCCn1ccc2cccnc21. The van der Waals surface area contributed by atoms with Crippen LogP contribution in [0.1, 0.15) is 20.3 Å². The number of aromatic nitrogens is 2. The fourth-order valence-corrected chi connectivity index (χ4v) is 1.97. The van der Waals surface area contributed by atoms with Crippen LogP contribution in [0.15, 0.2) is 30.6 Å². The van der Waals surface area contributed by atoms with Gasteiger partial charge < -0.3 is 15.2 Å². The first-order valence-electron chi connectivity index (χ1n) is 6.61. The topological polar surface area (TPSA) is 59.0 Å². The molecule has 2 amide bonds. The highest BCUT2D eigenvalue weighted by Crippen LogP contribution is 2.12. The summed E-state index contributed by atoms with van der Waals surface area (Å²) in [4.78, 5) is 15.7. The van der Waals surface area contributed by atoms with Gasteiger partial charge in [-0.15, -0.1) is 0 Å². The Bertz CT molecular complexity index is 547. The monoisotopic (exact) mass is 260 g/mol. The van der Waals surface area contributed by atoms with Crippen LogP contribution in [-0.4, -0.2) is 28.2 Å². The number of hydrogen-bond acceptors (Lipinski definition) is 2. The summed E-state index contributed by atoms with van der Waals surface area (Å²) in [6, 6.07) is 6.10. The maximum absolute atomic E-state index is 11.4. The Kier molecular flexibility index (Phi) is 4.39. The second kappa shape index (κ2) is 6.22. The van der Waals surface area contributed by atoms with Crippen LogP contribution < -0.4 is 10.6 Å². The molecule has 0 bridgehead atoms. The lowest BCUT2D eigenvalue weighted by atomic mass is 10.3. The quantitative estimate of drug-likeness (QED) is 0.809. The van der Waals surface area contributed by atoms with E-state index in [1.54, 1.807) is 6.20 Å². The van der Waals surface area contributed by atoms with Crippen molar-refractivity contribution in [3.8, 4) is 0 Å². The van der Waals surface area contributed by atoms with E-state index in [0.717, 1.165) is 24.0 Å². The third kappa shape index (κ3) is 3.71. The normalized spacial score (nSPS) is 10.9. The van der Waals surface area contributed by atoms with Gasteiger partial charge in [0.05, 0.1) is 0 Å². The summed E-state index contributed by atoms with van der Waals surface area (Å²) in [6.07, 6.45) is 4.71. The third-order valence-corrected chi connectivity index (χ3v) is 2.80. The van der Waals surface area contributed by atoms with Gasteiger partial charge in [-0.1, -0.05) is 0 Å². The first-order valence-corrected chi connectivity index (χ1v) is 6.61. The number of carbonyl (C=O) groups is 1. The second-order valence-electron chi connectivity index (χ2n) is 4.83.